The van der Waals surface area contributed by atoms with Gasteiger partial charge in [0, 0.05) is 24.5 Å². The molecule has 25 heavy (non-hydrogen) atoms. The van der Waals surface area contributed by atoms with Crippen LogP contribution >= 0.6 is 0 Å². The van der Waals surface area contributed by atoms with Crippen LogP contribution in [0.3, 0.4) is 0 Å². The van der Waals surface area contributed by atoms with Gasteiger partial charge in [-0.3, -0.25) is 19.5 Å². The summed E-state index contributed by atoms with van der Waals surface area (Å²) >= 11 is 0. The van der Waals surface area contributed by atoms with Gasteiger partial charge < -0.3 is 9.84 Å². The number of aliphatic hydroxyl groups is 1. The lowest BCUT2D eigenvalue weighted by Crippen LogP contribution is -2.30. The Morgan fingerprint density at radius 3 is 2.40 bits per heavy atom. The lowest BCUT2D eigenvalue weighted by atomic mass is 9.95. The Balaban J connectivity index is 2.13. The zero-order valence-corrected chi connectivity index (χ0v) is 14.0. The van der Waals surface area contributed by atoms with Crippen molar-refractivity contribution in [1.82, 2.24) is 4.98 Å². The summed E-state index contributed by atoms with van der Waals surface area (Å²) in [5.41, 5.74) is 1.40. The average molecular weight is 338 g/mol. The van der Waals surface area contributed by atoms with Crippen LogP contribution in [0.2, 0.25) is 0 Å². The van der Waals surface area contributed by atoms with E-state index >= 15 is 0 Å². The number of hydrogen-bond acceptors (Lipinski definition) is 5. The number of amides is 1. The summed E-state index contributed by atoms with van der Waals surface area (Å²) in [4.78, 5) is 30.5. The molecule has 0 aliphatic carbocycles. The van der Waals surface area contributed by atoms with Gasteiger partial charge in [0.15, 0.2) is 11.5 Å². The quantitative estimate of drug-likeness (QED) is 0.906. The second-order valence-electron chi connectivity index (χ2n) is 5.60. The van der Waals surface area contributed by atoms with Gasteiger partial charge in [0.25, 0.3) is 5.91 Å². The molecular weight excluding hydrogens is 320 g/mol. The smallest absolute Gasteiger partial charge is 0.294 e. The van der Waals surface area contributed by atoms with Gasteiger partial charge in [0.05, 0.1) is 18.7 Å². The maximum atomic E-state index is 12.7. The molecule has 0 fully saturated rings. The fraction of sp³-hybridized carbons (Fsp3) is 0.211. The van der Waals surface area contributed by atoms with Crippen molar-refractivity contribution in [3.05, 3.63) is 65.7 Å². The van der Waals surface area contributed by atoms with Crippen LogP contribution in [-0.4, -0.2) is 28.9 Å². The van der Waals surface area contributed by atoms with Gasteiger partial charge in [0.1, 0.15) is 5.75 Å². The molecule has 3 rings (SSSR count). The molecule has 0 saturated heterocycles. The third kappa shape index (κ3) is 2.87. The first-order chi connectivity index (χ1) is 12.1. The molecule has 1 aromatic carbocycles. The minimum Gasteiger partial charge on any atom is -0.503 e. The van der Waals surface area contributed by atoms with E-state index < -0.39 is 17.7 Å². The number of hydrogen-bond donors (Lipinski definition) is 1. The third-order valence-corrected chi connectivity index (χ3v) is 4.20. The van der Waals surface area contributed by atoms with E-state index in [1.807, 2.05) is 0 Å². The number of Topliss-reactive ketones (excluding diaryl/α,β-unsaturated/α-hetero) is 1. The summed E-state index contributed by atoms with van der Waals surface area (Å²) in [6, 6.07) is 9.67. The van der Waals surface area contributed by atoms with Gasteiger partial charge >= 0.3 is 0 Å². The molecule has 0 saturated carbocycles. The molecule has 6 heteroatoms. The van der Waals surface area contributed by atoms with E-state index in [-0.39, 0.29) is 17.8 Å². The molecule has 1 unspecified atom stereocenters. The van der Waals surface area contributed by atoms with Gasteiger partial charge in [-0.25, -0.2) is 0 Å². The topological polar surface area (TPSA) is 79.7 Å². The molecule has 6 nitrogen and oxygen atoms in total. The van der Waals surface area contributed by atoms with Crippen molar-refractivity contribution in [3.8, 4) is 5.75 Å². The molecule has 0 bridgehead atoms. The number of aromatic nitrogens is 1. The number of nitrogens with zero attached hydrogens (tertiary/aromatic N) is 2. The molecule has 2 heterocycles. The van der Waals surface area contributed by atoms with Crippen molar-refractivity contribution in [1.29, 1.82) is 0 Å². The molecule has 0 spiro atoms. The highest BCUT2D eigenvalue weighted by molar-refractivity contribution is 6.16. The van der Waals surface area contributed by atoms with Gasteiger partial charge in [-0.15, -0.1) is 0 Å². The van der Waals surface area contributed by atoms with Gasteiger partial charge in [-0.05, 0) is 42.0 Å². The number of rotatable bonds is 5. The SMILES string of the molecule is CCC(=O)C1=C(O)C(=O)N(c2ccc(OC)cc2)C1c1ccncc1. The Morgan fingerprint density at radius 1 is 1.20 bits per heavy atom. The fourth-order valence-electron chi connectivity index (χ4n) is 2.95. The normalized spacial score (nSPS) is 17.1. The molecule has 1 aromatic heterocycles. The predicted octanol–water partition coefficient (Wildman–Crippen LogP) is 2.97. The van der Waals surface area contributed by atoms with E-state index in [1.54, 1.807) is 62.8 Å². The highest BCUT2D eigenvalue weighted by Crippen LogP contribution is 2.41. The van der Waals surface area contributed by atoms with E-state index in [1.165, 1.54) is 4.90 Å². The fourth-order valence-corrected chi connectivity index (χ4v) is 2.95. The third-order valence-electron chi connectivity index (χ3n) is 4.20. The Bertz CT molecular complexity index is 828. The van der Waals surface area contributed by atoms with Crippen LogP contribution in [0, 0.1) is 0 Å². The number of pyridine rings is 1. The number of carbonyl (C=O) groups excluding carboxylic acids is 2. The maximum Gasteiger partial charge on any atom is 0.294 e. The second-order valence-corrected chi connectivity index (χ2v) is 5.60. The number of benzene rings is 1. The molecule has 1 aliphatic rings. The highest BCUT2D eigenvalue weighted by atomic mass is 16.5. The first-order valence-corrected chi connectivity index (χ1v) is 7.92. The van der Waals surface area contributed by atoms with Crippen molar-refractivity contribution in [2.24, 2.45) is 0 Å². The van der Waals surface area contributed by atoms with Crippen LogP contribution in [0.4, 0.5) is 5.69 Å². The molecule has 2 aromatic rings. The molecule has 1 atom stereocenters. The number of methoxy groups -OCH3 is 1. The van der Waals surface area contributed by atoms with Crippen LogP contribution in [0.1, 0.15) is 24.9 Å². The standard InChI is InChI=1S/C19H18N2O4/c1-3-15(22)16-17(12-8-10-20-11-9-12)21(19(24)18(16)23)13-4-6-14(25-2)7-5-13/h4-11,17,23H,3H2,1-2H3. The first-order valence-electron chi connectivity index (χ1n) is 7.92. The summed E-state index contributed by atoms with van der Waals surface area (Å²) in [5, 5.41) is 10.4. The van der Waals surface area contributed by atoms with Crippen LogP contribution in [0.5, 0.6) is 5.75 Å². The molecule has 1 amide bonds. The number of carbonyl (C=O) groups is 2. The average Bonchev–Trinajstić information content (AvgIpc) is 2.93. The number of anilines is 1. The second kappa shape index (κ2) is 6.76. The van der Waals surface area contributed by atoms with Gasteiger partial charge in [-0.2, -0.15) is 0 Å². The largest absolute Gasteiger partial charge is 0.503 e. The van der Waals surface area contributed by atoms with Crippen molar-refractivity contribution < 1.29 is 19.4 Å². The van der Waals surface area contributed by atoms with E-state index in [2.05, 4.69) is 4.98 Å². The lowest BCUT2D eigenvalue weighted by molar-refractivity contribution is -0.118. The zero-order chi connectivity index (χ0) is 18.0. The minimum absolute atomic E-state index is 0.120. The maximum absolute atomic E-state index is 12.7. The minimum atomic E-state index is -0.684. The van der Waals surface area contributed by atoms with E-state index in [0.717, 1.165) is 0 Å². The monoisotopic (exact) mass is 338 g/mol. The number of ketones is 1. The summed E-state index contributed by atoms with van der Waals surface area (Å²) in [6.45, 7) is 1.70. The van der Waals surface area contributed by atoms with E-state index in [9.17, 15) is 14.7 Å². The summed E-state index contributed by atoms with van der Waals surface area (Å²) in [7, 11) is 1.56. The molecule has 1 N–H and O–H groups in total. The van der Waals surface area contributed by atoms with Gasteiger partial charge in [-0.1, -0.05) is 6.92 Å². The van der Waals surface area contributed by atoms with Crippen LogP contribution in [-0.2, 0) is 9.59 Å². The Kier molecular flexibility index (Phi) is 4.52. The zero-order valence-electron chi connectivity index (χ0n) is 14.0. The van der Waals surface area contributed by atoms with Crippen LogP contribution in [0.25, 0.3) is 0 Å². The summed E-state index contributed by atoms with van der Waals surface area (Å²) < 4.78 is 5.14. The van der Waals surface area contributed by atoms with Gasteiger partial charge in [0.2, 0.25) is 0 Å². The lowest BCUT2D eigenvalue weighted by Gasteiger charge is -2.26. The first kappa shape index (κ1) is 16.7. The van der Waals surface area contributed by atoms with Crippen molar-refractivity contribution in [2.45, 2.75) is 19.4 Å². The van der Waals surface area contributed by atoms with E-state index in [0.29, 0.717) is 17.0 Å². The summed E-state index contributed by atoms with van der Waals surface area (Å²) in [5.74, 6) is -0.699. The van der Waals surface area contributed by atoms with Crippen LogP contribution in [0.15, 0.2) is 60.1 Å². The number of ether oxygens (including phenoxy) is 1. The molecule has 128 valence electrons. The Labute approximate surface area is 145 Å². The molecule has 1 aliphatic heterocycles. The van der Waals surface area contributed by atoms with Crippen molar-refractivity contribution in [3.63, 3.8) is 0 Å². The number of aliphatic hydroxyl groups excluding tert-OH is 1. The Hall–Kier alpha value is -3.15. The molecule has 0 radical (unpaired) electrons. The van der Waals surface area contributed by atoms with Crippen molar-refractivity contribution in [2.75, 3.05) is 12.0 Å². The summed E-state index contributed by atoms with van der Waals surface area (Å²) in [6.07, 6.45) is 3.38. The highest BCUT2D eigenvalue weighted by Gasteiger charge is 2.43. The van der Waals surface area contributed by atoms with E-state index in [4.69, 9.17) is 4.74 Å². The Morgan fingerprint density at radius 2 is 1.84 bits per heavy atom. The predicted molar refractivity (Wildman–Crippen MR) is 92.4 cm³/mol. The van der Waals surface area contributed by atoms with Crippen LogP contribution < -0.4 is 9.64 Å². The molecular formula is C19H18N2O4. The van der Waals surface area contributed by atoms with Crippen molar-refractivity contribution >= 4 is 17.4 Å².